The Bertz CT molecular complexity index is 488. The molecular weight excluding hydrogens is 280 g/mol. The summed E-state index contributed by atoms with van der Waals surface area (Å²) in [5.74, 6) is 2.52. The van der Waals surface area contributed by atoms with Crippen molar-refractivity contribution in [2.24, 2.45) is 5.92 Å². The van der Waals surface area contributed by atoms with Crippen LogP contribution in [0.3, 0.4) is 0 Å². The lowest BCUT2D eigenvalue weighted by Gasteiger charge is -2.30. The van der Waals surface area contributed by atoms with Gasteiger partial charge in [0, 0.05) is 25.6 Å². The quantitative estimate of drug-likeness (QED) is 0.928. The third kappa shape index (κ3) is 3.78. The van der Waals surface area contributed by atoms with Crippen LogP contribution in [0.5, 0.6) is 0 Å². The van der Waals surface area contributed by atoms with Gasteiger partial charge in [-0.1, -0.05) is 30.8 Å². The van der Waals surface area contributed by atoms with Gasteiger partial charge in [-0.3, -0.25) is 0 Å². The van der Waals surface area contributed by atoms with Crippen molar-refractivity contribution in [1.29, 1.82) is 0 Å². The van der Waals surface area contributed by atoms with E-state index in [0.717, 1.165) is 50.7 Å². The zero-order valence-electron chi connectivity index (χ0n) is 13.4. The molecule has 1 aromatic heterocycles. The van der Waals surface area contributed by atoms with Crippen LogP contribution in [0, 0.1) is 12.8 Å². The third-order valence-corrected chi connectivity index (χ3v) is 4.98. The summed E-state index contributed by atoms with van der Waals surface area (Å²) in [4.78, 5) is 18.4. The van der Waals surface area contributed by atoms with E-state index in [4.69, 9.17) is 4.52 Å². The van der Waals surface area contributed by atoms with Gasteiger partial charge in [-0.25, -0.2) is 4.79 Å². The van der Waals surface area contributed by atoms with Crippen molar-refractivity contribution in [3.05, 3.63) is 11.7 Å². The number of rotatable bonds is 4. The lowest BCUT2D eigenvalue weighted by molar-refractivity contribution is 0.174. The second-order valence-corrected chi connectivity index (χ2v) is 6.61. The van der Waals surface area contributed by atoms with Gasteiger partial charge in [0.15, 0.2) is 5.82 Å². The first-order valence-electron chi connectivity index (χ1n) is 8.55. The molecule has 0 radical (unpaired) electrons. The molecular formula is C16H26N4O2. The highest BCUT2D eigenvalue weighted by atomic mass is 16.5. The minimum atomic E-state index is 0.0816. The Morgan fingerprint density at radius 2 is 2.00 bits per heavy atom. The van der Waals surface area contributed by atoms with E-state index in [2.05, 4.69) is 15.5 Å². The Balaban J connectivity index is 1.38. The molecule has 0 unspecified atom stereocenters. The van der Waals surface area contributed by atoms with Crippen LogP contribution in [0.15, 0.2) is 4.52 Å². The van der Waals surface area contributed by atoms with Crippen molar-refractivity contribution in [2.75, 3.05) is 19.6 Å². The minimum absolute atomic E-state index is 0.0816. The van der Waals surface area contributed by atoms with Crippen LogP contribution in [0.4, 0.5) is 4.79 Å². The van der Waals surface area contributed by atoms with Crippen LogP contribution >= 0.6 is 0 Å². The summed E-state index contributed by atoms with van der Waals surface area (Å²) in [5.41, 5.74) is 0. The molecule has 0 aromatic carbocycles. The lowest BCUT2D eigenvalue weighted by atomic mass is 9.97. The van der Waals surface area contributed by atoms with Crippen LogP contribution in [0.25, 0.3) is 0 Å². The number of likely N-dealkylation sites (tertiary alicyclic amines) is 1. The largest absolute Gasteiger partial charge is 0.339 e. The van der Waals surface area contributed by atoms with Crippen molar-refractivity contribution >= 4 is 6.03 Å². The van der Waals surface area contributed by atoms with Crippen molar-refractivity contribution in [3.63, 3.8) is 0 Å². The molecule has 2 amide bonds. The number of hydrogen-bond acceptors (Lipinski definition) is 4. The predicted molar refractivity (Wildman–Crippen MR) is 82.6 cm³/mol. The first-order chi connectivity index (χ1) is 10.7. The molecule has 0 spiro atoms. The lowest BCUT2D eigenvalue weighted by Crippen LogP contribution is -2.44. The average Bonchev–Trinajstić information content (AvgIpc) is 3.19. The summed E-state index contributed by atoms with van der Waals surface area (Å²) in [6.07, 6.45) is 8.33. The van der Waals surface area contributed by atoms with Crippen molar-refractivity contribution in [3.8, 4) is 0 Å². The Hall–Kier alpha value is -1.59. The molecule has 2 heterocycles. The van der Waals surface area contributed by atoms with Gasteiger partial charge in [-0.2, -0.15) is 4.98 Å². The summed E-state index contributed by atoms with van der Waals surface area (Å²) in [7, 11) is 0. The maximum atomic E-state index is 12.2. The van der Waals surface area contributed by atoms with Crippen LogP contribution in [0.2, 0.25) is 0 Å². The Morgan fingerprint density at radius 1 is 1.27 bits per heavy atom. The molecule has 122 valence electrons. The molecule has 1 aromatic rings. The van der Waals surface area contributed by atoms with Gasteiger partial charge in [0.05, 0.1) is 0 Å². The van der Waals surface area contributed by atoms with Crippen LogP contribution < -0.4 is 5.32 Å². The maximum Gasteiger partial charge on any atom is 0.317 e. The summed E-state index contributed by atoms with van der Waals surface area (Å²) in [5, 5.41) is 6.92. The van der Waals surface area contributed by atoms with Crippen molar-refractivity contribution in [1.82, 2.24) is 20.4 Å². The zero-order chi connectivity index (χ0) is 15.4. The molecule has 6 nitrogen and oxygen atoms in total. The molecule has 0 bridgehead atoms. The van der Waals surface area contributed by atoms with Crippen LogP contribution in [0.1, 0.15) is 62.6 Å². The number of aryl methyl sites for hydroxylation is 1. The average molecular weight is 306 g/mol. The molecule has 6 heteroatoms. The number of hydrogen-bond donors (Lipinski definition) is 1. The molecule has 1 saturated heterocycles. The number of carbonyl (C=O) groups is 1. The van der Waals surface area contributed by atoms with E-state index in [1.54, 1.807) is 0 Å². The number of nitrogens with zero attached hydrogens (tertiary/aromatic N) is 3. The summed E-state index contributed by atoms with van der Waals surface area (Å²) in [6.45, 7) is 4.18. The molecule has 1 aliphatic heterocycles. The molecule has 2 aliphatic rings. The normalized spacial score (nSPS) is 20.5. The predicted octanol–water partition coefficient (Wildman–Crippen LogP) is 2.85. The van der Waals surface area contributed by atoms with Gasteiger partial charge in [0.1, 0.15) is 0 Å². The SMILES string of the molecule is Cc1noc(C2CCN(C(=O)NCCC3CCCC3)CC2)n1. The smallest absolute Gasteiger partial charge is 0.317 e. The molecule has 1 aliphatic carbocycles. The molecule has 2 fully saturated rings. The van der Waals surface area contributed by atoms with E-state index >= 15 is 0 Å². The van der Waals surface area contributed by atoms with Gasteiger partial charge in [0.2, 0.25) is 5.89 Å². The van der Waals surface area contributed by atoms with E-state index in [-0.39, 0.29) is 6.03 Å². The summed E-state index contributed by atoms with van der Waals surface area (Å²) in [6, 6.07) is 0.0816. The maximum absolute atomic E-state index is 12.2. The Kier molecular flexibility index (Phi) is 4.95. The van der Waals surface area contributed by atoms with Gasteiger partial charge in [0.25, 0.3) is 0 Å². The topological polar surface area (TPSA) is 71.3 Å². The Morgan fingerprint density at radius 3 is 2.64 bits per heavy atom. The minimum Gasteiger partial charge on any atom is -0.339 e. The second kappa shape index (κ2) is 7.11. The summed E-state index contributed by atoms with van der Waals surface area (Å²) >= 11 is 0. The van der Waals surface area contributed by atoms with Crippen LogP contribution in [-0.2, 0) is 0 Å². The first-order valence-corrected chi connectivity index (χ1v) is 8.55. The molecule has 1 N–H and O–H groups in total. The fourth-order valence-corrected chi connectivity index (χ4v) is 3.60. The van der Waals surface area contributed by atoms with E-state index in [1.165, 1.54) is 25.7 Å². The fraction of sp³-hybridized carbons (Fsp3) is 0.812. The highest BCUT2D eigenvalue weighted by Gasteiger charge is 2.27. The molecule has 22 heavy (non-hydrogen) atoms. The highest BCUT2D eigenvalue weighted by Crippen LogP contribution is 2.28. The van der Waals surface area contributed by atoms with Gasteiger partial charge in [-0.05, 0) is 32.1 Å². The van der Waals surface area contributed by atoms with Crippen molar-refractivity contribution in [2.45, 2.75) is 57.8 Å². The van der Waals surface area contributed by atoms with Gasteiger partial charge in [-0.15, -0.1) is 0 Å². The second-order valence-electron chi connectivity index (χ2n) is 6.61. The zero-order valence-corrected chi connectivity index (χ0v) is 13.4. The van der Waals surface area contributed by atoms with Crippen LogP contribution in [-0.4, -0.2) is 40.7 Å². The summed E-state index contributed by atoms with van der Waals surface area (Å²) < 4.78 is 5.24. The number of piperidine rings is 1. The standard InChI is InChI=1S/C16H26N4O2/c1-12-18-15(22-19-12)14-7-10-20(11-8-14)16(21)17-9-6-13-4-2-3-5-13/h13-14H,2-11H2,1H3,(H,17,21). The molecule has 3 rings (SSSR count). The van der Waals surface area contributed by atoms with Crippen molar-refractivity contribution < 1.29 is 9.32 Å². The Labute approximate surface area is 131 Å². The van der Waals surface area contributed by atoms with Gasteiger partial charge < -0.3 is 14.7 Å². The monoisotopic (exact) mass is 306 g/mol. The number of nitrogens with one attached hydrogen (secondary N) is 1. The molecule has 1 saturated carbocycles. The van der Waals surface area contributed by atoms with Gasteiger partial charge >= 0.3 is 6.03 Å². The number of aromatic nitrogens is 2. The molecule has 0 atom stereocenters. The number of urea groups is 1. The fourth-order valence-electron chi connectivity index (χ4n) is 3.60. The number of carbonyl (C=O) groups excluding carboxylic acids is 1. The highest BCUT2D eigenvalue weighted by molar-refractivity contribution is 5.74. The van der Waals surface area contributed by atoms with E-state index in [1.807, 2.05) is 11.8 Å². The van der Waals surface area contributed by atoms with E-state index in [9.17, 15) is 4.79 Å². The first kappa shape index (κ1) is 15.3. The number of amides is 2. The third-order valence-electron chi connectivity index (χ3n) is 4.98. The van der Waals surface area contributed by atoms with E-state index in [0.29, 0.717) is 11.7 Å². The van der Waals surface area contributed by atoms with E-state index < -0.39 is 0 Å².